The van der Waals surface area contributed by atoms with Crippen LogP contribution in [0.15, 0.2) is 0 Å². The van der Waals surface area contributed by atoms with Gasteiger partial charge in [-0.15, -0.1) is 0 Å². The third-order valence-corrected chi connectivity index (χ3v) is 3.13. The Balaban J connectivity index is 3.24. The zero-order valence-electron chi connectivity index (χ0n) is 12.1. The maximum Gasteiger partial charge on any atom is 0.405 e. The van der Waals surface area contributed by atoms with Gasteiger partial charge in [0.15, 0.2) is 0 Å². The molecule has 1 rings (SSSR count). The molecule has 0 saturated heterocycles. The summed E-state index contributed by atoms with van der Waals surface area (Å²) in [6.07, 6.45) is -3.69. The molecule has 0 fully saturated rings. The molecule has 1 aromatic heterocycles. The molecule has 0 radical (unpaired) electrons. The molecule has 3 nitrogen and oxygen atoms in total. The van der Waals surface area contributed by atoms with Crippen molar-refractivity contribution in [3.8, 4) is 0 Å². The van der Waals surface area contributed by atoms with Crippen molar-refractivity contribution in [1.29, 1.82) is 0 Å². The third-order valence-electron chi connectivity index (χ3n) is 2.76. The molecule has 0 aliphatic rings. The van der Waals surface area contributed by atoms with Crippen molar-refractivity contribution in [2.24, 2.45) is 0 Å². The van der Waals surface area contributed by atoms with Gasteiger partial charge < -0.3 is 4.90 Å². The van der Waals surface area contributed by atoms with Crippen LogP contribution in [0.2, 0.25) is 5.15 Å². The van der Waals surface area contributed by atoms with Gasteiger partial charge in [0, 0.05) is 18.0 Å². The first-order chi connectivity index (χ1) is 9.15. The molecule has 0 saturated carbocycles. The normalized spacial score (nSPS) is 12.1. The Labute approximate surface area is 122 Å². The molecule has 7 heteroatoms. The summed E-state index contributed by atoms with van der Waals surface area (Å²) >= 11 is 6.02. The molecule has 0 N–H and O–H groups in total. The Morgan fingerprint density at radius 3 is 2.30 bits per heavy atom. The first kappa shape index (κ1) is 17.0. The number of hydrogen-bond donors (Lipinski definition) is 0. The minimum Gasteiger partial charge on any atom is -0.347 e. The molecule has 0 spiro atoms. The highest BCUT2D eigenvalue weighted by Crippen LogP contribution is 2.28. The Hall–Kier alpha value is -1.04. The van der Waals surface area contributed by atoms with Crippen LogP contribution in [0.3, 0.4) is 0 Å². The summed E-state index contributed by atoms with van der Waals surface area (Å²) in [4.78, 5) is 9.60. The van der Waals surface area contributed by atoms with Crippen LogP contribution in [0.4, 0.5) is 19.0 Å². The lowest BCUT2D eigenvalue weighted by atomic mass is 10.2. The monoisotopic (exact) mass is 309 g/mol. The fraction of sp³-hybridized carbons (Fsp3) is 0.692. The van der Waals surface area contributed by atoms with Crippen molar-refractivity contribution in [2.75, 3.05) is 18.0 Å². The van der Waals surface area contributed by atoms with Crippen LogP contribution in [0.1, 0.15) is 44.5 Å². The number of hydrogen-bond acceptors (Lipinski definition) is 3. The van der Waals surface area contributed by atoms with Gasteiger partial charge in [-0.2, -0.15) is 13.2 Å². The van der Waals surface area contributed by atoms with E-state index in [9.17, 15) is 13.2 Å². The predicted octanol–water partition coefficient (Wildman–Crippen LogP) is 4.34. The first-order valence-electron chi connectivity index (χ1n) is 6.51. The number of aromatic nitrogens is 2. The summed E-state index contributed by atoms with van der Waals surface area (Å²) in [7, 11) is 0. The number of rotatable bonds is 5. The number of nitrogens with zero attached hydrogens (tertiary/aromatic N) is 3. The van der Waals surface area contributed by atoms with Crippen molar-refractivity contribution < 1.29 is 13.2 Å². The van der Waals surface area contributed by atoms with Gasteiger partial charge in [-0.05, 0) is 13.3 Å². The van der Waals surface area contributed by atoms with E-state index < -0.39 is 12.7 Å². The molecule has 0 aliphatic heterocycles. The summed E-state index contributed by atoms with van der Waals surface area (Å²) in [5.74, 6) is 0.730. The number of halogens is 4. The Morgan fingerprint density at radius 2 is 1.85 bits per heavy atom. The van der Waals surface area contributed by atoms with Gasteiger partial charge in [-0.3, -0.25) is 0 Å². The van der Waals surface area contributed by atoms with Crippen molar-refractivity contribution in [1.82, 2.24) is 9.97 Å². The molecule has 0 aliphatic carbocycles. The zero-order valence-corrected chi connectivity index (χ0v) is 12.8. The molecule has 114 valence electrons. The van der Waals surface area contributed by atoms with Gasteiger partial charge in [-0.1, -0.05) is 32.4 Å². The summed E-state index contributed by atoms with van der Waals surface area (Å²) < 4.78 is 38.1. The zero-order chi connectivity index (χ0) is 15.5. The largest absolute Gasteiger partial charge is 0.405 e. The molecule has 0 aromatic carbocycles. The van der Waals surface area contributed by atoms with E-state index in [1.807, 2.05) is 20.8 Å². The highest BCUT2D eigenvalue weighted by atomic mass is 35.5. The smallest absolute Gasteiger partial charge is 0.347 e. The molecule has 0 atom stereocenters. The van der Waals surface area contributed by atoms with Crippen molar-refractivity contribution in [3.63, 3.8) is 0 Å². The Morgan fingerprint density at radius 1 is 1.25 bits per heavy atom. The second-order valence-electron chi connectivity index (χ2n) is 5.01. The molecule has 0 amide bonds. The standard InChI is InChI=1S/C13H19ClF3N3/c1-5-6-20(7-13(15,16)17)12-9(4)10(14)18-11(19-12)8(2)3/h8H,5-7H2,1-4H3. The fourth-order valence-corrected chi connectivity index (χ4v) is 1.98. The van der Waals surface area contributed by atoms with Crippen LogP contribution in [-0.4, -0.2) is 29.2 Å². The minimum atomic E-state index is -4.28. The average molecular weight is 310 g/mol. The second kappa shape index (κ2) is 6.61. The van der Waals surface area contributed by atoms with Crippen molar-refractivity contribution in [3.05, 3.63) is 16.5 Å². The van der Waals surface area contributed by atoms with Crippen LogP contribution in [0, 0.1) is 6.92 Å². The lowest BCUT2D eigenvalue weighted by molar-refractivity contribution is -0.119. The summed E-state index contributed by atoms with van der Waals surface area (Å²) in [5.41, 5.74) is 0.480. The van der Waals surface area contributed by atoms with E-state index in [2.05, 4.69) is 9.97 Å². The van der Waals surface area contributed by atoms with E-state index in [-0.39, 0.29) is 23.4 Å². The van der Waals surface area contributed by atoms with Crippen molar-refractivity contribution in [2.45, 2.75) is 46.2 Å². The van der Waals surface area contributed by atoms with Gasteiger partial charge >= 0.3 is 6.18 Å². The highest BCUT2D eigenvalue weighted by molar-refractivity contribution is 6.30. The predicted molar refractivity (Wildman–Crippen MR) is 74.4 cm³/mol. The molecule has 1 heterocycles. The van der Waals surface area contributed by atoms with Crippen LogP contribution in [-0.2, 0) is 0 Å². The third kappa shape index (κ3) is 4.51. The average Bonchev–Trinajstić information content (AvgIpc) is 2.30. The van der Waals surface area contributed by atoms with Crippen molar-refractivity contribution >= 4 is 17.4 Å². The molecular weight excluding hydrogens is 291 g/mol. The van der Waals surface area contributed by atoms with E-state index in [1.165, 1.54) is 4.90 Å². The number of alkyl halides is 3. The molecular formula is C13H19ClF3N3. The van der Waals surface area contributed by atoms with Crippen LogP contribution in [0.5, 0.6) is 0 Å². The van der Waals surface area contributed by atoms with E-state index in [0.29, 0.717) is 17.8 Å². The van der Waals surface area contributed by atoms with E-state index >= 15 is 0 Å². The minimum absolute atomic E-state index is 0.00112. The van der Waals surface area contributed by atoms with Gasteiger partial charge in [0.25, 0.3) is 0 Å². The highest BCUT2D eigenvalue weighted by Gasteiger charge is 2.32. The lowest BCUT2D eigenvalue weighted by Gasteiger charge is -2.26. The molecule has 0 bridgehead atoms. The quantitative estimate of drug-likeness (QED) is 0.758. The topological polar surface area (TPSA) is 29.0 Å². The van der Waals surface area contributed by atoms with Gasteiger partial charge in [0.2, 0.25) is 0 Å². The van der Waals surface area contributed by atoms with Gasteiger partial charge in [0.05, 0.1) is 0 Å². The summed E-state index contributed by atoms with van der Waals surface area (Å²) in [6.45, 7) is 6.45. The molecule has 0 unspecified atom stereocenters. The SMILES string of the molecule is CCCN(CC(F)(F)F)c1nc(C(C)C)nc(Cl)c1C. The van der Waals surface area contributed by atoms with E-state index in [0.717, 1.165) is 0 Å². The first-order valence-corrected chi connectivity index (χ1v) is 6.89. The maximum absolute atomic E-state index is 12.7. The van der Waals surface area contributed by atoms with E-state index in [1.54, 1.807) is 6.92 Å². The molecule has 20 heavy (non-hydrogen) atoms. The summed E-state index contributed by atoms with van der Waals surface area (Å²) in [6, 6.07) is 0. The summed E-state index contributed by atoms with van der Waals surface area (Å²) in [5, 5.41) is 0.210. The lowest BCUT2D eigenvalue weighted by Crippen LogP contribution is -2.36. The Bertz CT molecular complexity index is 461. The Kier molecular flexibility index (Phi) is 5.62. The van der Waals surface area contributed by atoms with Crippen LogP contribution in [0.25, 0.3) is 0 Å². The molecule has 1 aromatic rings. The van der Waals surface area contributed by atoms with Crippen LogP contribution < -0.4 is 4.90 Å². The van der Waals surface area contributed by atoms with Crippen LogP contribution >= 0.6 is 11.6 Å². The van der Waals surface area contributed by atoms with Gasteiger partial charge in [0.1, 0.15) is 23.3 Å². The second-order valence-corrected chi connectivity index (χ2v) is 5.37. The number of anilines is 1. The van der Waals surface area contributed by atoms with Gasteiger partial charge in [-0.25, -0.2) is 9.97 Å². The van der Waals surface area contributed by atoms with E-state index in [4.69, 9.17) is 11.6 Å². The fourth-order valence-electron chi connectivity index (χ4n) is 1.81. The maximum atomic E-state index is 12.7.